The highest BCUT2D eigenvalue weighted by Gasteiger charge is 2.39. The fourth-order valence-electron chi connectivity index (χ4n) is 4.05. The van der Waals surface area contributed by atoms with Crippen molar-refractivity contribution in [3.63, 3.8) is 0 Å². The summed E-state index contributed by atoms with van der Waals surface area (Å²) in [6.07, 6.45) is 7.45. The average molecular weight is 381 g/mol. The molecule has 2 aliphatic carbocycles. The lowest BCUT2D eigenvalue weighted by Gasteiger charge is -2.33. The van der Waals surface area contributed by atoms with Crippen LogP contribution in [0, 0.1) is 11.8 Å². The summed E-state index contributed by atoms with van der Waals surface area (Å²) >= 11 is 1.59. The number of amides is 1. The van der Waals surface area contributed by atoms with Gasteiger partial charge in [-0.2, -0.15) is 0 Å². The molecule has 2 aliphatic rings. The standard InChI is InChI=1S/C20H32N2O3S/c21-16(12-15-7-4-10-26-15)20(25)22-17(11-13-5-2-1-3-6-13)19(24)18(23)14-8-9-14/h4,7,10,13-14,16-19,23-24H,1-3,5-6,8-9,11-12,21H2,(H,22,25)/t16-,17-,18-,19+/m0/s1. The van der Waals surface area contributed by atoms with Crippen LogP contribution in [0.4, 0.5) is 0 Å². The van der Waals surface area contributed by atoms with Gasteiger partial charge in [-0.05, 0) is 42.5 Å². The summed E-state index contributed by atoms with van der Waals surface area (Å²) in [6, 6.07) is 2.87. The van der Waals surface area contributed by atoms with Crippen molar-refractivity contribution in [3.8, 4) is 0 Å². The van der Waals surface area contributed by atoms with Crippen molar-refractivity contribution in [2.45, 2.75) is 82.1 Å². The molecular weight excluding hydrogens is 348 g/mol. The molecule has 4 atom stereocenters. The minimum absolute atomic E-state index is 0.176. The van der Waals surface area contributed by atoms with Crippen molar-refractivity contribution in [1.29, 1.82) is 0 Å². The van der Waals surface area contributed by atoms with Crippen LogP contribution in [0.2, 0.25) is 0 Å². The van der Waals surface area contributed by atoms with E-state index in [2.05, 4.69) is 5.32 Å². The molecule has 146 valence electrons. The summed E-state index contributed by atoms with van der Waals surface area (Å²) in [5.74, 6) is 0.445. The molecule has 0 saturated heterocycles. The van der Waals surface area contributed by atoms with Crippen molar-refractivity contribution >= 4 is 17.2 Å². The number of hydrogen-bond donors (Lipinski definition) is 4. The molecule has 1 amide bonds. The minimum atomic E-state index is -0.915. The number of aliphatic hydroxyl groups is 2. The van der Waals surface area contributed by atoms with Crippen molar-refractivity contribution in [3.05, 3.63) is 22.4 Å². The van der Waals surface area contributed by atoms with Crippen LogP contribution in [0.1, 0.15) is 56.2 Å². The molecule has 1 aromatic heterocycles. The summed E-state index contributed by atoms with van der Waals surface area (Å²) < 4.78 is 0. The molecule has 26 heavy (non-hydrogen) atoms. The van der Waals surface area contributed by atoms with E-state index in [4.69, 9.17) is 5.73 Å². The smallest absolute Gasteiger partial charge is 0.237 e. The molecular formula is C20H32N2O3S. The van der Waals surface area contributed by atoms with E-state index in [0.717, 1.165) is 37.0 Å². The van der Waals surface area contributed by atoms with Gasteiger partial charge >= 0.3 is 0 Å². The van der Waals surface area contributed by atoms with Crippen LogP contribution in [0.25, 0.3) is 0 Å². The topological polar surface area (TPSA) is 95.6 Å². The first-order valence-corrected chi connectivity index (χ1v) is 10.9. The molecule has 0 aromatic carbocycles. The molecule has 2 saturated carbocycles. The summed E-state index contributed by atoms with van der Waals surface area (Å²) in [5, 5.41) is 26.0. The average Bonchev–Trinajstić information content (AvgIpc) is 3.38. The molecule has 0 bridgehead atoms. The first-order chi connectivity index (χ1) is 12.5. The van der Waals surface area contributed by atoms with Crippen LogP contribution in [-0.2, 0) is 11.2 Å². The monoisotopic (exact) mass is 380 g/mol. The van der Waals surface area contributed by atoms with Crippen LogP contribution in [0.15, 0.2) is 17.5 Å². The van der Waals surface area contributed by atoms with Crippen LogP contribution >= 0.6 is 11.3 Å². The van der Waals surface area contributed by atoms with Crippen molar-refractivity contribution in [2.24, 2.45) is 17.6 Å². The molecule has 1 aromatic rings. The second kappa shape index (κ2) is 9.31. The van der Waals surface area contributed by atoms with E-state index in [1.54, 1.807) is 11.3 Å². The van der Waals surface area contributed by atoms with Gasteiger partial charge in [0.1, 0.15) is 6.10 Å². The predicted molar refractivity (Wildman–Crippen MR) is 104 cm³/mol. The van der Waals surface area contributed by atoms with Crippen molar-refractivity contribution in [1.82, 2.24) is 5.32 Å². The Balaban J connectivity index is 1.60. The first kappa shape index (κ1) is 19.8. The molecule has 5 N–H and O–H groups in total. The zero-order valence-corrected chi connectivity index (χ0v) is 16.2. The van der Waals surface area contributed by atoms with Crippen LogP contribution < -0.4 is 11.1 Å². The zero-order valence-electron chi connectivity index (χ0n) is 15.3. The number of carbonyl (C=O) groups excluding carboxylic acids is 1. The number of nitrogens with one attached hydrogen (secondary N) is 1. The summed E-state index contributed by atoms with van der Waals surface area (Å²) in [4.78, 5) is 13.7. The maximum absolute atomic E-state index is 12.6. The summed E-state index contributed by atoms with van der Waals surface area (Å²) in [7, 11) is 0. The Morgan fingerprint density at radius 3 is 2.58 bits per heavy atom. The Morgan fingerprint density at radius 2 is 1.96 bits per heavy atom. The zero-order chi connectivity index (χ0) is 18.5. The lowest BCUT2D eigenvalue weighted by molar-refractivity contribution is -0.125. The normalized spacial score (nSPS) is 23.2. The van der Waals surface area contributed by atoms with Gasteiger partial charge in [-0.15, -0.1) is 11.3 Å². The fraction of sp³-hybridized carbons (Fsp3) is 0.750. The quantitative estimate of drug-likeness (QED) is 0.528. The number of rotatable bonds is 9. The number of aliphatic hydroxyl groups excluding tert-OH is 2. The van der Waals surface area contributed by atoms with Crippen LogP contribution in [-0.4, -0.2) is 40.4 Å². The van der Waals surface area contributed by atoms with Gasteiger partial charge in [0.15, 0.2) is 0 Å². The van der Waals surface area contributed by atoms with E-state index in [-0.39, 0.29) is 11.8 Å². The molecule has 0 spiro atoms. The van der Waals surface area contributed by atoms with Gasteiger partial charge in [-0.25, -0.2) is 0 Å². The Hall–Kier alpha value is -0.950. The third-order valence-corrected chi connectivity index (χ3v) is 6.74. The Bertz CT molecular complexity index is 555. The van der Waals surface area contributed by atoms with E-state index >= 15 is 0 Å². The third kappa shape index (κ3) is 5.52. The first-order valence-electron chi connectivity index (χ1n) is 9.99. The molecule has 6 heteroatoms. The van der Waals surface area contributed by atoms with Crippen LogP contribution in [0.5, 0.6) is 0 Å². The van der Waals surface area contributed by atoms with E-state index in [9.17, 15) is 15.0 Å². The lowest BCUT2D eigenvalue weighted by atomic mass is 9.82. The SMILES string of the molecule is N[C@@H](Cc1cccs1)C(=O)N[C@@H](CC1CCCCC1)[C@@H](O)[C@@H](O)C1CC1. The summed E-state index contributed by atoms with van der Waals surface area (Å²) in [6.45, 7) is 0. The lowest BCUT2D eigenvalue weighted by Crippen LogP contribution is -2.54. The molecule has 5 nitrogen and oxygen atoms in total. The largest absolute Gasteiger partial charge is 0.390 e. The van der Waals surface area contributed by atoms with Crippen molar-refractivity contribution in [2.75, 3.05) is 0 Å². The molecule has 0 aliphatic heterocycles. The van der Waals surface area contributed by atoms with Gasteiger partial charge in [0.2, 0.25) is 5.91 Å². The molecule has 3 rings (SSSR count). The second-order valence-corrected chi connectivity index (χ2v) is 9.10. The van der Waals surface area contributed by atoms with Crippen molar-refractivity contribution < 1.29 is 15.0 Å². The number of nitrogens with two attached hydrogens (primary N) is 1. The van der Waals surface area contributed by atoms with Gasteiger partial charge in [0.25, 0.3) is 0 Å². The molecule has 1 heterocycles. The van der Waals surface area contributed by atoms with E-state index < -0.39 is 24.3 Å². The van der Waals surface area contributed by atoms with E-state index in [0.29, 0.717) is 12.3 Å². The van der Waals surface area contributed by atoms with E-state index in [1.807, 2.05) is 17.5 Å². The Kier molecular flexibility index (Phi) is 7.09. The Morgan fingerprint density at radius 1 is 1.23 bits per heavy atom. The third-order valence-electron chi connectivity index (χ3n) is 5.84. The molecule has 2 fully saturated rings. The minimum Gasteiger partial charge on any atom is -0.390 e. The van der Waals surface area contributed by atoms with Gasteiger partial charge in [-0.3, -0.25) is 4.79 Å². The van der Waals surface area contributed by atoms with Gasteiger partial charge in [0.05, 0.1) is 18.2 Å². The van der Waals surface area contributed by atoms with E-state index in [1.165, 1.54) is 19.3 Å². The highest BCUT2D eigenvalue weighted by Crippen LogP contribution is 2.36. The van der Waals surface area contributed by atoms with Crippen LogP contribution in [0.3, 0.4) is 0 Å². The summed E-state index contributed by atoms with van der Waals surface area (Å²) in [5.41, 5.74) is 6.09. The predicted octanol–water partition coefficient (Wildman–Crippen LogP) is 2.20. The van der Waals surface area contributed by atoms with Gasteiger partial charge < -0.3 is 21.3 Å². The fourth-order valence-corrected chi connectivity index (χ4v) is 4.81. The highest BCUT2D eigenvalue weighted by molar-refractivity contribution is 7.09. The number of carbonyl (C=O) groups is 1. The highest BCUT2D eigenvalue weighted by atomic mass is 32.1. The van der Waals surface area contributed by atoms with Gasteiger partial charge in [0, 0.05) is 11.3 Å². The maximum Gasteiger partial charge on any atom is 0.237 e. The molecule has 0 radical (unpaired) electrons. The second-order valence-electron chi connectivity index (χ2n) is 8.06. The maximum atomic E-state index is 12.6. The molecule has 0 unspecified atom stereocenters. The Labute approximate surface area is 160 Å². The number of hydrogen-bond acceptors (Lipinski definition) is 5. The van der Waals surface area contributed by atoms with Gasteiger partial charge in [-0.1, -0.05) is 38.2 Å². The number of thiophene rings is 1.